The zero-order valence-electron chi connectivity index (χ0n) is 15.3. The van der Waals surface area contributed by atoms with Gasteiger partial charge in [-0.2, -0.15) is 13.2 Å². The number of nitrogens with zero attached hydrogens (tertiary/aromatic N) is 2. The Morgan fingerprint density at radius 2 is 2.04 bits per heavy atom. The first-order chi connectivity index (χ1) is 13.4. The molecule has 3 nitrogen and oxygen atoms in total. The fourth-order valence-corrected chi connectivity index (χ4v) is 5.90. The highest BCUT2D eigenvalue weighted by atomic mass is 32.2. The minimum absolute atomic E-state index is 0.0292. The van der Waals surface area contributed by atoms with E-state index in [1.165, 1.54) is 22.7 Å². The summed E-state index contributed by atoms with van der Waals surface area (Å²) in [5, 5.41) is 1.31. The maximum atomic E-state index is 13.1. The normalized spacial score (nSPS) is 14.4. The lowest BCUT2D eigenvalue weighted by Gasteiger charge is -2.12. The fraction of sp³-hybridized carbons (Fsp3) is 0.400. The molecule has 2 aromatic heterocycles. The lowest BCUT2D eigenvalue weighted by molar-refractivity contribution is -0.137. The predicted octanol–water partition coefficient (Wildman–Crippen LogP) is 5.67. The molecule has 1 aliphatic carbocycles. The van der Waals surface area contributed by atoms with Gasteiger partial charge in [-0.15, -0.1) is 11.3 Å². The summed E-state index contributed by atoms with van der Waals surface area (Å²) < 4.78 is 40.4. The molecule has 28 heavy (non-hydrogen) atoms. The second-order valence-corrected chi connectivity index (χ2v) is 8.85. The van der Waals surface area contributed by atoms with Crippen molar-refractivity contribution in [2.75, 3.05) is 0 Å². The third kappa shape index (κ3) is 3.59. The molecule has 148 valence electrons. The van der Waals surface area contributed by atoms with Crippen molar-refractivity contribution in [3.05, 3.63) is 56.2 Å². The van der Waals surface area contributed by atoms with E-state index < -0.39 is 11.7 Å². The highest BCUT2D eigenvalue weighted by Gasteiger charge is 2.30. The smallest absolute Gasteiger partial charge is 0.287 e. The van der Waals surface area contributed by atoms with Crippen molar-refractivity contribution in [2.24, 2.45) is 0 Å². The van der Waals surface area contributed by atoms with Crippen LogP contribution in [0.2, 0.25) is 0 Å². The molecule has 8 heteroatoms. The van der Waals surface area contributed by atoms with E-state index in [1.807, 2.05) is 6.92 Å². The van der Waals surface area contributed by atoms with Crippen LogP contribution >= 0.6 is 23.1 Å². The molecule has 0 fully saturated rings. The number of rotatable bonds is 4. The van der Waals surface area contributed by atoms with Crippen LogP contribution in [0.5, 0.6) is 0 Å². The molecule has 0 saturated heterocycles. The molecule has 0 aliphatic heterocycles. The zero-order valence-corrected chi connectivity index (χ0v) is 16.9. The maximum absolute atomic E-state index is 13.1. The highest BCUT2D eigenvalue weighted by Crippen LogP contribution is 2.35. The summed E-state index contributed by atoms with van der Waals surface area (Å²) in [6.45, 7) is 2.37. The van der Waals surface area contributed by atoms with Crippen molar-refractivity contribution >= 4 is 33.3 Å². The van der Waals surface area contributed by atoms with Crippen molar-refractivity contribution in [3.63, 3.8) is 0 Å². The molecule has 1 aliphatic rings. The van der Waals surface area contributed by atoms with Gasteiger partial charge in [-0.05, 0) is 49.8 Å². The van der Waals surface area contributed by atoms with Gasteiger partial charge in [-0.1, -0.05) is 30.0 Å². The summed E-state index contributed by atoms with van der Waals surface area (Å²) in [6.07, 6.45) is -0.212. The van der Waals surface area contributed by atoms with E-state index in [9.17, 15) is 18.0 Å². The van der Waals surface area contributed by atoms with E-state index >= 15 is 0 Å². The first kappa shape index (κ1) is 19.5. The Labute approximate surface area is 168 Å². The van der Waals surface area contributed by atoms with Gasteiger partial charge in [-0.3, -0.25) is 9.36 Å². The first-order valence-corrected chi connectivity index (χ1v) is 11.0. The molecule has 0 atom stereocenters. The second kappa shape index (κ2) is 7.55. The Morgan fingerprint density at radius 1 is 1.25 bits per heavy atom. The summed E-state index contributed by atoms with van der Waals surface area (Å²) in [5.74, 6) is 0.326. The lowest BCUT2D eigenvalue weighted by Crippen LogP contribution is -2.23. The van der Waals surface area contributed by atoms with Gasteiger partial charge in [0.05, 0.1) is 10.9 Å². The minimum Gasteiger partial charge on any atom is -0.287 e. The van der Waals surface area contributed by atoms with E-state index in [-0.39, 0.29) is 5.56 Å². The number of aryl methyl sites for hydroxylation is 2. The second-order valence-electron chi connectivity index (χ2n) is 6.82. The molecule has 0 radical (unpaired) electrons. The van der Waals surface area contributed by atoms with Gasteiger partial charge in [0.15, 0.2) is 5.16 Å². The van der Waals surface area contributed by atoms with Crippen molar-refractivity contribution < 1.29 is 13.2 Å². The number of hydrogen-bond donors (Lipinski definition) is 0. The molecule has 0 bridgehead atoms. The molecule has 3 aromatic rings. The number of thiophene rings is 1. The van der Waals surface area contributed by atoms with Crippen LogP contribution < -0.4 is 5.56 Å². The summed E-state index contributed by atoms with van der Waals surface area (Å²) in [4.78, 5) is 19.8. The van der Waals surface area contributed by atoms with Crippen LogP contribution in [0.1, 0.15) is 41.3 Å². The van der Waals surface area contributed by atoms with E-state index in [4.69, 9.17) is 4.98 Å². The number of benzene rings is 1. The average Bonchev–Trinajstić information content (AvgIpc) is 3.04. The van der Waals surface area contributed by atoms with E-state index in [0.29, 0.717) is 23.0 Å². The molecule has 0 spiro atoms. The lowest BCUT2D eigenvalue weighted by atomic mass is 9.97. The number of fused-ring (bicyclic) bond motifs is 3. The van der Waals surface area contributed by atoms with Crippen LogP contribution in [0.3, 0.4) is 0 Å². The van der Waals surface area contributed by atoms with Gasteiger partial charge < -0.3 is 0 Å². The number of thioether (sulfide) groups is 1. The predicted molar refractivity (Wildman–Crippen MR) is 107 cm³/mol. The summed E-state index contributed by atoms with van der Waals surface area (Å²) >= 11 is 2.90. The van der Waals surface area contributed by atoms with Crippen molar-refractivity contribution in [1.29, 1.82) is 0 Å². The molecule has 0 unspecified atom stereocenters. The van der Waals surface area contributed by atoms with Crippen LogP contribution in [-0.4, -0.2) is 9.55 Å². The Morgan fingerprint density at radius 3 is 2.79 bits per heavy atom. The molecule has 4 rings (SSSR count). The zero-order chi connectivity index (χ0) is 19.9. The van der Waals surface area contributed by atoms with Crippen molar-refractivity contribution in [3.8, 4) is 0 Å². The van der Waals surface area contributed by atoms with Gasteiger partial charge in [0.1, 0.15) is 4.83 Å². The molecule has 0 amide bonds. The van der Waals surface area contributed by atoms with Gasteiger partial charge in [0.25, 0.3) is 5.56 Å². The van der Waals surface area contributed by atoms with Crippen LogP contribution in [0.4, 0.5) is 13.2 Å². The van der Waals surface area contributed by atoms with Gasteiger partial charge >= 0.3 is 6.18 Å². The maximum Gasteiger partial charge on any atom is 0.416 e. The number of alkyl halides is 3. The van der Waals surface area contributed by atoms with Crippen LogP contribution in [-0.2, 0) is 31.3 Å². The van der Waals surface area contributed by atoms with Crippen LogP contribution in [0, 0.1) is 0 Å². The Hall–Kier alpha value is -1.80. The summed E-state index contributed by atoms with van der Waals surface area (Å²) in [7, 11) is 0. The first-order valence-electron chi connectivity index (χ1n) is 9.22. The summed E-state index contributed by atoms with van der Waals surface area (Å²) in [5.41, 5.74) is 1.02. The molecule has 1 aromatic carbocycles. The Kier molecular flexibility index (Phi) is 5.26. The van der Waals surface area contributed by atoms with Crippen molar-refractivity contribution in [2.45, 2.75) is 56.2 Å². The van der Waals surface area contributed by atoms with E-state index in [2.05, 4.69) is 0 Å². The van der Waals surface area contributed by atoms with Gasteiger partial charge in [0, 0.05) is 17.2 Å². The standard InChI is InChI=1S/C20H19F3N2OS2/c1-2-25-18(26)16-14-8-3-4-9-15(14)28-17(16)24-19(25)27-11-12-6-5-7-13(10-12)20(21,22)23/h5-7,10H,2-4,8-9,11H2,1H3. The molecule has 2 heterocycles. The van der Waals surface area contributed by atoms with Crippen LogP contribution in [0.15, 0.2) is 34.2 Å². The minimum atomic E-state index is -4.36. The third-order valence-corrected chi connectivity index (χ3v) is 7.21. The highest BCUT2D eigenvalue weighted by molar-refractivity contribution is 7.98. The summed E-state index contributed by atoms with van der Waals surface area (Å²) in [6, 6.07) is 5.30. The topological polar surface area (TPSA) is 34.9 Å². The molecule has 0 saturated carbocycles. The Balaban J connectivity index is 1.68. The van der Waals surface area contributed by atoms with Crippen molar-refractivity contribution in [1.82, 2.24) is 9.55 Å². The monoisotopic (exact) mass is 424 g/mol. The number of hydrogen-bond acceptors (Lipinski definition) is 4. The third-order valence-electron chi connectivity index (χ3n) is 4.98. The van der Waals surface area contributed by atoms with Gasteiger partial charge in [0.2, 0.25) is 0 Å². The largest absolute Gasteiger partial charge is 0.416 e. The molecular weight excluding hydrogens is 405 g/mol. The Bertz CT molecular complexity index is 1090. The molecule has 0 N–H and O–H groups in total. The molecular formula is C20H19F3N2OS2. The van der Waals surface area contributed by atoms with Gasteiger partial charge in [-0.25, -0.2) is 4.98 Å². The number of halogens is 3. The van der Waals surface area contributed by atoms with E-state index in [1.54, 1.807) is 22.0 Å². The number of aromatic nitrogens is 2. The van der Waals surface area contributed by atoms with E-state index in [0.717, 1.165) is 53.6 Å². The fourth-order valence-electron chi connectivity index (χ4n) is 3.59. The van der Waals surface area contributed by atoms with Crippen LogP contribution in [0.25, 0.3) is 10.2 Å². The SMILES string of the molecule is CCn1c(SCc2cccc(C(F)(F)F)c2)nc2sc3c(c2c1=O)CCCC3. The quantitative estimate of drug-likeness (QED) is 0.400. The average molecular weight is 425 g/mol.